The first-order valence-electron chi connectivity index (χ1n) is 10.5. The number of imide groups is 1. The van der Waals surface area contributed by atoms with E-state index in [1.54, 1.807) is 24.3 Å². The van der Waals surface area contributed by atoms with Crippen LogP contribution >= 0.6 is 0 Å². The fourth-order valence-electron chi connectivity index (χ4n) is 3.99. The minimum absolute atomic E-state index is 0.0779. The molecule has 0 saturated carbocycles. The molecule has 0 N–H and O–H groups in total. The highest BCUT2D eigenvalue weighted by molar-refractivity contribution is 6.45. The van der Waals surface area contributed by atoms with Crippen molar-refractivity contribution in [2.45, 2.75) is 6.92 Å². The third kappa shape index (κ3) is 3.82. The smallest absolute Gasteiger partial charge is 0.282 e. The number of nitrogens with zero attached hydrogens (tertiary/aromatic N) is 4. The Morgan fingerprint density at radius 3 is 2.25 bits per heavy atom. The molecule has 0 unspecified atom stereocenters. The van der Waals surface area contributed by atoms with Gasteiger partial charge in [-0.15, -0.1) is 0 Å². The van der Waals surface area contributed by atoms with Crippen molar-refractivity contribution in [2.75, 3.05) is 44.7 Å². The van der Waals surface area contributed by atoms with E-state index in [0.717, 1.165) is 18.0 Å². The van der Waals surface area contributed by atoms with Crippen LogP contribution in [0.3, 0.4) is 0 Å². The summed E-state index contributed by atoms with van der Waals surface area (Å²) < 4.78 is 5.66. The summed E-state index contributed by atoms with van der Waals surface area (Å²) in [5, 5.41) is 11.1. The summed E-state index contributed by atoms with van der Waals surface area (Å²) in [6.07, 6.45) is 0. The minimum Gasteiger partial charge on any atom is -0.492 e. The molecule has 0 aromatic heterocycles. The van der Waals surface area contributed by atoms with Crippen molar-refractivity contribution in [2.24, 2.45) is 0 Å². The van der Waals surface area contributed by atoms with Gasteiger partial charge in [0.25, 0.3) is 17.5 Å². The molecule has 2 aromatic rings. The molecule has 2 aromatic carbocycles. The number of carbonyl (C=O) groups is 2. The second-order valence-electron chi connectivity index (χ2n) is 7.66. The molecular weight excluding hydrogens is 412 g/mol. The second-order valence-corrected chi connectivity index (χ2v) is 7.66. The van der Waals surface area contributed by atoms with E-state index < -0.39 is 16.7 Å². The number of hydrogen-bond donors (Lipinski definition) is 0. The predicted octanol–water partition coefficient (Wildman–Crippen LogP) is 2.53. The fourth-order valence-corrected chi connectivity index (χ4v) is 3.99. The SMILES string of the molecule is CCOc1ccccc1N1C(=O)C(c2ccc([N+](=O)[O-])cc2)=C(N2CCN(C)CC2)C1=O. The summed E-state index contributed by atoms with van der Waals surface area (Å²) in [5.41, 5.74) is 1.35. The molecule has 9 nitrogen and oxygen atoms in total. The molecule has 0 atom stereocenters. The molecular formula is C23H24N4O5. The summed E-state index contributed by atoms with van der Waals surface area (Å²) in [4.78, 5) is 43.1. The maximum Gasteiger partial charge on any atom is 0.282 e. The number of nitro benzene ring substituents is 1. The molecule has 9 heteroatoms. The number of ether oxygens (including phenoxy) is 1. The van der Waals surface area contributed by atoms with E-state index in [1.807, 2.05) is 18.9 Å². The van der Waals surface area contributed by atoms with Crippen molar-refractivity contribution in [3.63, 3.8) is 0 Å². The molecule has 1 saturated heterocycles. The lowest BCUT2D eigenvalue weighted by Crippen LogP contribution is -2.46. The number of rotatable bonds is 6. The first-order chi connectivity index (χ1) is 15.4. The molecule has 2 aliphatic heterocycles. The largest absolute Gasteiger partial charge is 0.492 e. The van der Waals surface area contributed by atoms with Crippen LogP contribution in [0.2, 0.25) is 0 Å². The molecule has 0 aliphatic carbocycles. The van der Waals surface area contributed by atoms with E-state index in [0.29, 0.717) is 42.4 Å². The number of non-ortho nitro benzene ring substituents is 1. The summed E-state index contributed by atoms with van der Waals surface area (Å²) in [7, 11) is 2.01. The van der Waals surface area contributed by atoms with Gasteiger partial charge in [0.15, 0.2) is 0 Å². The van der Waals surface area contributed by atoms with E-state index in [2.05, 4.69) is 4.90 Å². The number of anilines is 1. The topological polar surface area (TPSA) is 96.2 Å². The number of amides is 2. The summed E-state index contributed by atoms with van der Waals surface area (Å²) in [5.74, 6) is -0.440. The van der Waals surface area contributed by atoms with Gasteiger partial charge >= 0.3 is 0 Å². The van der Waals surface area contributed by atoms with Crippen molar-refractivity contribution < 1.29 is 19.2 Å². The molecule has 2 heterocycles. The van der Waals surface area contributed by atoms with Gasteiger partial charge in [-0.1, -0.05) is 12.1 Å². The Morgan fingerprint density at radius 2 is 1.62 bits per heavy atom. The lowest BCUT2D eigenvalue weighted by atomic mass is 10.0. The average molecular weight is 436 g/mol. The van der Waals surface area contributed by atoms with Crippen LogP contribution in [-0.4, -0.2) is 66.4 Å². The number of hydrogen-bond acceptors (Lipinski definition) is 7. The van der Waals surface area contributed by atoms with Gasteiger partial charge in [0.2, 0.25) is 0 Å². The monoisotopic (exact) mass is 436 g/mol. The van der Waals surface area contributed by atoms with Gasteiger partial charge in [-0.05, 0) is 43.8 Å². The van der Waals surface area contributed by atoms with E-state index in [9.17, 15) is 19.7 Å². The molecule has 166 valence electrons. The van der Waals surface area contributed by atoms with Crippen LogP contribution < -0.4 is 9.64 Å². The number of carbonyl (C=O) groups excluding carboxylic acids is 2. The Morgan fingerprint density at radius 1 is 0.969 bits per heavy atom. The van der Waals surface area contributed by atoms with Crippen molar-refractivity contribution in [3.8, 4) is 5.75 Å². The van der Waals surface area contributed by atoms with Crippen LogP contribution in [-0.2, 0) is 9.59 Å². The maximum atomic E-state index is 13.6. The summed E-state index contributed by atoms with van der Waals surface area (Å²) >= 11 is 0. The molecule has 32 heavy (non-hydrogen) atoms. The molecule has 1 fully saturated rings. The minimum atomic E-state index is -0.494. The normalized spacial score (nSPS) is 17.3. The second kappa shape index (κ2) is 8.80. The van der Waals surface area contributed by atoms with Crippen molar-refractivity contribution in [3.05, 3.63) is 69.9 Å². The molecule has 2 aliphatic rings. The standard InChI is InChI=1S/C23H24N4O5/c1-3-32-19-7-5-4-6-18(19)26-22(28)20(16-8-10-17(11-9-16)27(30)31)21(23(26)29)25-14-12-24(2)13-15-25/h4-11H,3,12-15H2,1-2H3. The zero-order valence-corrected chi connectivity index (χ0v) is 18.0. The van der Waals surface area contributed by atoms with Crippen molar-refractivity contribution in [1.29, 1.82) is 0 Å². The number of benzene rings is 2. The highest BCUT2D eigenvalue weighted by Crippen LogP contribution is 2.39. The van der Waals surface area contributed by atoms with Crippen LogP contribution in [0.5, 0.6) is 5.75 Å². The van der Waals surface area contributed by atoms with Crippen LogP contribution in [0.15, 0.2) is 54.2 Å². The summed E-state index contributed by atoms with van der Waals surface area (Å²) in [6.45, 7) is 4.94. The average Bonchev–Trinajstić information content (AvgIpc) is 3.05. The van der Waals surface area contributed by atoms with E-state index in [4.69, 9.17) is 4.74 Å². The number of nitro groups is 1. The lowest BCUT2D eigenvalue weighted by molar-refractivity contribution is -0.384. The molecule has 4 rings (SSSR count). The lowest BCUT2D eigenvalue weighted by Gasteiger charge is -2.34. The maximum absolute atomic E-state index is 13.6. The molecule has 2 amide bonds. The third-order valence-electron chi connectivity index (χ3n) is 5.65. The first-order valence-corrected chi connectivity index (χ1v) is 10.5. The predicted molar refractivity (Wildman–Crippen MR) is 119 cm³/mol. The Balaban J connectivity index is 1.81. The van der Waals surface area contributed by atoms with Gasteiger partial charge in [0.1, 0.15) is 11.4 Å². The van der Waals surface area contributed by atoms with E-state index >= 15 is 0 Å². The Kier molecular flexibility index (Phi) is 5.91. The zero-order valence-electron chi connectivity index (χ0n) is 18.0. The molecule has 0 radical (unpaired) electrons. The van der Waals surface area contributed by atoms with Crippen LogP contribution in [0, 0.1) is 10.1 Å². The highest BCUT2D eigenvalue weighted by Gasteiger charge is 2.43. The van der Waals surface area contributed by atoms with E-state index in [1.165, 1.54) is 24.3 Å². The number of piperazine rings is 1. The Hall–Kier alpha value is -3.72. The number of para-hydroxylation sites is 2. The van der Waals surface area contributed by atoms with Gasteiger partial charge in [0, 0.05) is 38.3 Å². The third-order valence-corrected chi connectivity index (χ3v) is 5.65. The van der Waals surface area contributed by atoms with Gasteiger partial charge in [0.05, 0.1) is 22.8 Å². The molecule has 0 spiro atoms. The van der Waals surface area contributed by atoms with Gasteiger partial charge in [-0.3, -0.25) is 19.7 Å². The summed E-state index contributed by atoms with van der Waals surface area (Å²) in [6, 6.07) is 12.7. The van der Waals surface area contributed by atoms with Gasteiger partial charge < -0.3 is 14.5 Å². The quantitative estimate of drug-likeness (QED) is 0.390. The van der Waals surface area contributed by atoms with Gasteiger partial charge in [-0.25, -0.2) is 4.90 Å². The highest BCUT2D eigenvalue weighted by atomic mass is 16.6. The Bertz CT molecular complexity index is 1090. The molecule has 0 bridgehead atoms. The van der Waals surface area contributed by atoms with Crippen LogP contribution in [0.25, 0.3) is 5.57 Å². The van der Waals surface area contributed by atoms with Crippen molar-refractivity contribution >= 4 is 28.8 Å². The van der Waals surface area contributed by atoms with Crippen molar-refractivity contribution in [1.82, 2.24) is 9.80 Å². The van der Waals surface area contributed by atoms with E-state index in [-0.39, 0.29) is 11.3 Å². The first kappa shape index (κ1) is 21.5. The fraction of sp³-hybridized carbons (Fsp3) is 0.304. The van der Waals surface area contributed by atoms with Crippen LogP contribution in [0.1, 0.15) is 12.5 Å². The zero-order chi connectivity index (χ0) is 22.8. The van der Waals surface area contributed by atoms with Crippen LogP contribution in [0.4, 0.5) is 11.4 Å². The van der Waals surface area contributed by atoms with Gasteiger partial charge in [-0.2, -0.15) is 0 Å². The number of likely N-dealkylation sites (N-methyl/N-ethyl adjacent to an activating group) is 1. The Labute approximate surface area is 185 Å².